The zero-order chi connectivity index (χ0) is 18.6. The van der Waals surface area contributed by atoms with Gasteiger partial charge in [-0.25, -0.2) is 0 Å². The minimum atomic E-state index is 0.332. The van der Waals surface area contributed by atoms with Gasteiger partial charge in [-0.05, 0) is 6.42 Å². The molecule has 7 heteroatoms. The van der Waals surface area contributed by atoms with E-state index in [0.29, 0.717) is 6.04 Å². The van der Waals surface area contributed by atoms with E-state index >= 15 is 0 Å². The Morgan fingerprint density at radius 3 is 2.52 bits per heavy atom. The van der Waals surface area contributed by atoms with Gasteiger partial charge in [0.05, 0.1) is 14.2 Å². The van der Waals surface area contributed by atoms with Crippen molar-refractivity contribution in [2.45, 2.75) is 12.5 Å². The Hall–Kier alpha value is -2.80. The highest BCUT2D eigenvalue weighted by molar-refractivity contribution is 7.09. The van der Waals surface area contributed by atoms with Crippen LogP contribution in [0.5, 0.6) is 11.5 Å². The van der Waals surface area contributed by atoms with Gasteiger partial charge in [-0.3, -0.25) is 0 Å². The summed E-state index contributed by atoms with van der Waals surface area (Å²) in [4.78, 5) is 6.97. The van der Waals surface area contributed by atoms with Crippen LogP contribution in [0.1, 0.15) is 6.42 Å². The fourth-order valence-electron chi connectivity index (χ4n) is 3.25. The Morgan fingerprint density at radius 1 is 1.07 bits per heavy atom. The molecule has 3 aromatic rings. The number of methoxy groups -OCH3 is 2. The van der Waals surface area contributed by atoms with Gasteiger partial charge in [0, 0.05) is 60.1 Å². The first-order chi connectivity index (χ1) is 13.2. The number of nitrogens with zero attached hydrogens (tertiary/aromatic N) is 3. The summed E-state index contributed by atoms with van der Waals surface area (Å²) in [7, 11) is 3.35. The Bertz CT molecular complexity index is 878. The molecule has 1 N–H and O–H groups in total. The molecule has 0 amide bonds. The minimum Gasteiger partial charge on any atom is -0.497 e. The molecule has 0 aliphatic carbocycles. The van der Waals surface area contributed by atoms with Gasteiger partial charge in [0.2, 0.25) is 5.13 Å². The van der Waals surface area contributed by atoms with E-state index in [4.69, 9.17) is 9.47 Å². The quantitative estimate of drug-likeness (QED) is 0.697. The molecule has 2 aromatic carbocycles. The van der Waals surface area contributed by atoms with Crippen molar-refractivity contribution in [2.24, 2.45) is 0 Å². The highest BCUT2D eigenvalue weighted by Gasteiger charge is 2.24. The van der Waals surface area contributed by atoms with Crippen LogP contribution in [0, 0.1) is 0 Å². The van der Waals surface area contributed by atoms with Gasteiger partial charge in [-0.1, -0.05) is 30.3 Å². The number of ether oxygens (including phenoxy) is 2. The maximum absolute atomic E-state index is 5.39. The molecule has 0 spiro atoms. The number of benzene rings is 2. The number of anilines is 2. The average molecular weight is 382 g/mol. The molecule has 1 fully saturated rings. The first-order valence-electron chi connectivity index (χ1n) is 8.89. The van der Waals surface area contributed by atoms with Gasteiger partial charge < -0.3 is 19.7 Å². The fourth-order valence-corrected chi connectivity index (χ4v) is 3.91. The van der Waals surface area contributed by atoms with Crippen LogP contribution < -0.4 is 19.7 Å². The van der Waals surface area contributed by atoms with Gasteiger partial charge in [0.25, 0.3) is 0 Å². The Morgan fingerprint density at radius 2 is 1.81 bits per heavy atom. The highest BCUT2D eigenvalue weighted by Crippen LogP contribution is 2.31. The second kappa shape index (κ2) is 7.84. The zero-order valence-electron chi connectivity index (χ0n) is 15.4. The van der Waals surface area contributed by atoms with Crippen LogP contribution in [0.25, 0.3) is 11.4 Å². The van der Waals surface area contributed by atoms with Crippen LogP contribution in [-0.2, 0) is 0 Å². The van der Waals surface area contributed by atoms with E-state index in [0.717, 1.165) is 53.2 Å². The summed E-state index contributed by atoms with van der Waals surface area (Å²) in [5.74, 6) is 2.38. The van der Waals surface area contributed by atoms with E-state index < -0.39 is 0 Å². The summed E-state index contributed by atoms with van der Waals surface area (Å²) in [6.07, 6.45) is 1.04. The summed E-state index contributed by atoms with van der Waals surface area (Å²) in [5.41, 5.74) is 2.15. The third-order valence-electron chi connectivity index (χ3n) is 4.68. The van der Waals surface area contributed by atoms with Crippen molar-refractivity contribution >= 4 is 22.4 Å². The van der Waals surface area contributed by atoms with Crippen molar-refractivity contribution < 1.29 is 9.47 Å². The summed E-state index contributed by atoms with van der Waals surface area (Å²) < 4.78 is 15.2. The molecule has 27 heavy (non-hydrogen) atoms. The van der Waals surface area contributed by atoms with Crippen molar-refractivity contribution in [3.63, 3.8) is 0 Å². The summed E-state index contributed by atoms with van der Waals surface area (Å²) in [6, 6.07) is 16.4. The third kappa shape index (κ3) is 3.98. The third-order valence-corrected chi connectivity index (χ3v) is 5.32. The standard InChI is InChI=1S/C20H22N4O2S/c1-25-17-10-16(11-18(12-17)26-2)24-9-8-15(13-24)21-20-22-19(23-27-20)14-6-4-3-5-7-14/h3-7,10-12,15H,8-9,13H2,1-2H3,(H,21,22,23). The lowest BCUT2D eigenvalue weighted by atomic mass is 10.2. The van der Waals surface area contributed by atoms with Crippen LogP contribution in [-0.4, -0.2) is 42.7 Å². The lowest BCUT2D eigenvalue weighted by molar-refractivity contribution is 0.394. The van der Waals surface area contributed by atoms with Crippen molar-refractivity contribution in [3.05, 3.63) is 48.5 Å². The van der Waals surface area contributed by atoms with Gasteiger partial charge in [-0.2, -0.15) is 9.36 Å². The highest BCUT2D eigenvalue weighted by atomic mass is 32.1. The predicted molar refractivity (Wildman–Crippen MR) is 109 cm³/mol. The number of nitrogens with one attached hydrogen (secondary N) is 1. The van der Waals surface area contributed by atoms with Gasteiger partial charge in [-0.15, -0.1) is 0 Å². The summed E-state index contributed by atoms with van der Waals surface area (Å²) in [6.45, 7) is 1.87. The number of hydrogen-bond donors (Lipinski definition) is 1. The first-order valence-corrected chi connectivity index (χ1v) is 9.66. The number of rotatable bonds is 6. The second-order valence-corrected chi connectivity index (χ2v) is 7.19. The van der Waals surface area contributed by atoms with Crippen LogP contribution in [0.15, 0.2) is 48.5 Å². The first kappa shape index (κ1) is 17.6. The van der Waals surface area contributed by atoms with Crippen LogP contribution >= 0.6 is 11.5 Å². The lowest BCUT2D eigenvalue weighted by Gasteiger charge is -2.20. The minimum absolute atomic E-state index is 0.332. The van der Waals surface area contributed by atoms with E-state index in [-0.39, 0.29) is 0 Å². The molecule has 2 heterocycles. The number of aromatic nitrogens is 2. The van der Waals surface area contributed by atoms with Crippen molar-refractivity contribution in [1.82, 2.24) is 9.36 Å². The monoisotopic (exact) mass is 382 g/mol. The van der Waals surface area contributed by atoms with Crippen molar-refractivity contribution in [3.8, 4) is 22.9 Å². The molecule has 0 saturated carbocycles. The molecule has 6 nitrogen and oxygen atoms in total. The van der Waals surface area contributed by atoms with Gasteiger partial charge in [0.1, 0.15) is 11.5 Å². The fraction of sp³-hybridized carbons (Fsp3) is 0.300. The maximum Gasteiger partial charge on any atom is 0.203 e. The van der Waals surface area contributed by atoms with Crippen LogP contribution in [0.2, 0.25) is 0 Å². The van der Waals surface area contributed by atoms with E-state index in [1.807, 2.05) is 48.5 Å². The molecule has 1 aliphatic rings. The average Bonchev–Trinajstić information content (AvgIpc) is 3.38. The molecular weight excluding hydrogens is 360 g/mol. The van der Waals surface area contributed by atoms with E-state index in [1.165, 1.54) is 11.5 Å². The van der Waals surface area contributed by atoms with Crippen molar-refractivity contribution in [2.75, 3.05) is 37.5 Å². The van der Waals surface area contributed by atoms with Crippen molar-refractivity contribution in [1.29, 1.82) is 0 Å². The zero-order valence-corrected chi connectivity index (χ0v) is 16.2. The molecule has 1 aliphatic heterocycles. The molecule has 1 aromatic heterocycles. The molecule has 1 unspecified atom stereocenters. The maximum atomic E-state index is 5.39. The van der Waals surface area contributed by atoms with Crippen LogP contribution in [0.3, 0.4) is 0 Å². The molecule has 1 saturated heterocycles. The molecule has 0 radical (unpaired) electrons. The molecular formula is C20H22N4O2S. The lowest BCUT2D eigenvalue weighted by Crippen LogP contribution is -2.26. The van der Waals surface area contributed by atoms with E-state index in [2.05, 4.69) is 19.6 Å². The Kier molecular flexibility index (Phi) is 5.11. The van der Waals surface area contributed by atoms with Crippen LogP contribution in [0.4, 0.5) is 10.8 Å². The summed E-state index contributed by atoms with van der Waals surface area (Å²) >= 11 is 1.41. The normalized spacial score (nSPS) is 16.4. The smallest absolute Gasteiger partial charge is 0.203 e. The Labute approximate surface area is 162 Å². The van der Waals surface area contributed by atoms with E-state index in [1.54, 1.807) is 14.2 Å². The second-order valence-electron chi connectivity index (χ2n) is 6.44. The largest absolute Gasteiger partial charge is 0.497 e. The SMILES string of the molecule is COc1cc(OC)cc(N2CCC(Nc3nc(-c4ccccc4)ns3)C2)c1. The molecule has 4 rings (SSSR count). The molecule has 1 atom stereocenters. The van der Waals surface area contributed by atoms with Gasteiger partial charge in [0.15, 0.2) is 5.82 Å². The van der Waals surface area contributed by atoms with E-state index in [9.17, 15) is 0 Å². The number of hydrogen-bond acceptors (Lipinski definition) is 7. The van der Waals surface area contributed by atoms with Gasteiger partial charge >= 0.3 is 0 Å². The topological polar surface area (TPSA) is 59.5 Å². The Balaban J connectivity index is 1.43. The predicted octanol–water partition coefficient (Wildman–Crippen LogP) is 3.91. The summed E-state index contributed by atoms with van der Waals surface area (Å²) in [5, 5.41) is 4.39. The molecule has 0 bridgehead atoms. The molecule has 140 valence electrons.